The van der Waals surface area contributed by atoms with Crippen molar-refractivity contribution < 1.29 is 22.0 Å². The maximum atomic E-state index is 14.0. The highest BCUT2D eigenvalue weighted by atomic mass is 32.2. The molecule has 2 aromatic carbocycles. The molecular weight excluding hydrogens is 470 g/mol. The molecule has 0 spiro atoms. The third-order valence-electron chi connectivity index (χ3n) is 6.04. The van der Waals surface area contributed by atoms with Crippen molar-refractivity contribution in [2.75, 3.05) is 44.2 Å². The summed E-state index contributed by atoms with van der Waals surface area (Å²) in [5.74, 6) is -1.49. The van der Waals surface area contributed by atoms with Gasteiger partial charge >= 0.3 is 0 Å². The van der Waals surface area contributed by atoms with Crippen molar-refractivity contribution in [2.24, 2.45) is 0 Å². The van der Waals surface area contributed by atoms with Crippen molar-refractivity contribution in [3.8, 4) is 0 Å². The molecule has 0 unspecified atom stereocenters. The van der Waals surface area contributed by atoms with E-state index in [4.69, 9.17) is 0 Å². The second-order valence-corrected chi connectivity index (χ2v) is 11.1. The number of sulfonamides is 1. The minimum atomic E-state index is -3.52. The maximum Gasteiger partial charge on any atom is 0.253 e. The van der Waals surface area contributed by atoms with Crippen molar-refractivity contribution in [3.05, 3.63) is 53.6 Å². The first-order valence-electron chi connectivity index (χ1n) is 10.7. The fraction of sp³-hybridized carbons (Fsp3) is 0.364. The molecular formula is C22H22F2N4O3S2. The fourth-order valence-corrected chi connectivity index (χ4v) is 6.78. The van der Waals surface area contributed by atoms with E-state index in [1.165, 1.54) is 33.8 Å². The molecule has 0 aliphatic carbocycles. The van der Waals surface area contributed by atoms with Crippen LogP contribution >= 0.6 is 11.3 Å². The minimum absolute atomic E-state index is 0.152. The molecule has 7 nitrogen and oxygen atoms in total. The van der Waals surface area contributed by atoms with Crippen LogP contribution in [0.5, 0.6) is 0 Å². The molecule has 5 rings (SSSR count). The van der Waals surface area contributed by atoms with Gasteiger partial charge in [-0.3, -0.25) is 4.79 Å². The second kappa shape index (κ2) is 8.62. The molecule has 0 bridgehead atoms. The van der Waals surface area contributed by atoms with E-state index >= 15 is 0 Å². The number of aromatic nitrogens is 1. The molecule has 174 valence electrons. The van der Waals surface area contributed by atoms with Gasteiger partial charge in [0, 0.05) is 50.9 Å². The third-order valence-corrected chi connectivity index (χ3v) is 9.02. The molecule has 2 aliphatic heterocycles. The van der Waals surface area contributed by atoms with E-state index in [9.17, 15) is 22.0 Å². The van der Waals surface area contributed by atoms with Crippen LogP contribution in [0.2, 0.25) is 0 Å². The van der Waals surface area contributed by atoms with Gasteiger partial charge in [0.1, 0.15) is 11.3 Å². The SMILES string of the molecule is O=C(c1ccc(S(=O)(=O)N2CCCC2)cc1)N1CCN(c2nc3c(F)cc(F)cc3s2)CC1. The number of amides is 1. The summed E-state index contributed by atoms with van der Waals surface area (Å²) in [4.78, 5) is 21.1. The van der Waals surface area contributed by atoms with Crippen molar-refractivity contribution in [1.29, 1.82) is 0 Å². The Morgan fingerprint density at radius 2 is 1.61 bits per heavy atom. The topological polar surface area (TPSA) is 73.8 Å². The number of hydrogen-bond donors (Lipinski definition) is 0. The van der Waals surface area contributed by atoms with E-state index in [-0.39, 0.29) is 16.3 Å². The van der Waals surface area contributed by atoms with Crippen molar-refractivity contribution in [2.45, 2.75) is 17.7 Å². The highest BCUT2D eigenvalue weighted by Crippen LogP contribution is 2.31. The number of carbonyl (C=O) groups excluding carboxylic acids is 1. The summed E-state index contributed by atoms with van der Waals surface area (Å²) < 4.78 is 54.7. The Morgan fingerprint density at radius 1 is 0.939 bits per heavy atom. The van der Waals surface area contributed by atoms with Gasteiger partial charge in [-0.1, -0.05) is 11.3 Å². The van der Waals surface area contributed by atoms with Gasteiger partial charge in [0.05, 0.1) is 9.60 Å². The molecule has 2 saturated heterocycles. The number of thiazole rings is 1. The van der Waals surface area contributed by atoms with Gasteiger partial charge in [0.15, 0.2) is 10.9 Å². The van der Waals surface area contributed by atoms with Crippen LogP contribution in [0, 0.1) is 11.6 Å². The van der Waals surface area contributed by atoms with Crippen LogP contribution in [0.25, 0.3) is 10.2 Å². The zero-order valence-electron chi connectivity index (χ0n) is 17.7. The van der Waals surface area contributed by atoms with Gasteiger partial charge in [-0.05, 0) is 43.2 Å². The summed E-state index contributed by atoms with van der Waals surface area (Å²) in [6.07, 6.45) is 1.73. The molecule has 1 aromatic heterocycles. The van der Waals surface area contributed by atoms with E-state index in [0.717, 1.165) is 18.9 Å². The number of halogens is 2. The molecule has 33 heavy (non-hydrogen) atoms. The van der Waals surface area contributed by atoms with Crippen LogP contribution < -0.4 is 4.90 Å². The van der Waals surface area contributed by atoms with Gasteiger partial charge in [0.25, 0.3) is 5.91 Å². The predicted octanol–water partition coefficient (Wildman–Crippen LogP) is 3.32. The van der Waals surface area contributed by atoms with E-state index in [1.54, 1.807) is 17.0 Å². The Balaban J connectivity index is 1.25. The molecule has 2 fully saturated rings. The lowest BCUT2D eigenvalue weighted by molar-refractivity contribution is 0.0746. The maximum absolute atomic E-state index is 14.0. The van der Waals surface area contributed by atoms with Crippen LogP contribution in [-0.4, -0.2) is 67.8 Å². The summed E-state index contributed by atoms with van der Waals surface area (Å²) in [6.45, 7) is 2.97. The number of fused-ring (bicyclic) bond motifs is 1. The first-order valence-corrected chi connectivity index (χ1v) is 13.0. The Bertz CT molecular complexity index is 1300. The Kier molecular flexibility index (Phi) is 5.79. The average Bonchev–Trinajstić information content (AvgIpc) is 3.50. The zero-order chi connectivity index (χ0) is 23.2. The zero-order valence-corrected chi connectivity index (χ0v) is 19.3. The average molecular weight is 493 g/mol. The van der Waals surface area contributed by atoms with Crippen LogP contribution in [0.15, 0.2) is 41.3 Å². The Labute approximate surface area is 194 Å². The highest BCUT2D eigenvalue weighted by molar-refractivity contribution is 7.89. The summed E-state index contributed by atoms with van der Waals surface area (Å²) in [5, 5.41) is 0.595. The number of carbonyl (C=O) groups is 1. The highest BCUT2D eigenvalue weighted by Gasteiger charge is 2.28. The van der Waals surface area contributed by atoms with Gasteiger partial charge in [-0.15, -0.1) is 0 Å². The van der Waals surface area contributed by atoms with Gasteiger partial charge < -0.3 is 9.80 Å². The molecule has 3 aromatic rings. The minimum Gasteiger partial charge on any atom is -0.345 e. The molecule has 0 atom stereocenters. The monoisotopic (exact) mass is 492 g/mol. The van der Waals surface area contributed by atoms with Gasteiger partial charge in [-0.25, -0.2) is 22.2 Å². The van der Waals surface area contributed by atoms with Crippen molar-refractivity contribution in [3.63, 3.8) is 0 Å². The summed E-state index contributed by atoms with van der Waals surface area (Å²) in [6, 6.07) is 8.19. The third kappa shape index (κ3) is 4.20. The van der Waals surface area contributed by atoms with Gasteiger partial charge in [-0.2, -0.15) is 4.31 Å². The van der Waals surface area contributed by atoms with Gasteiger partial charge in [0.2, 0.25) is 10.0 Å². The lowest BCUT2D eigenvalue weighted by Gasteiger charge is -2.34. The van der Waals surface area contributed by atoms with Crippen LogP contribution in [0.4, 0.5) is 13.9 Å². The molecule has 1 amide bonds. The van der Waals surface area contributed by atoms with E-state index in [1.807, 2.05) is 4.90 Å². The summed E-state index contributed by atoms with van der Waals surface area (Å²) >= 11 is 1.22. The largest absolute Gasteiger partial charge is 0.345 e. The first-order chi connectivity index (χ1) is 15.8. The Morgan fingerprint density at radius 3 is 2.27 bits per heavy atom. The summed E-state index contributed by atoms with van der Waals surface area (Å²) in [7, 11) is -3.52. The number of nitrogens with zero attached hydrogens (tertiary/aromatic N) is 4. The van der Waals surface area contributed by atoms with E-state index in [2.05, 4.69) is 4.98 Å². The molecule has 11 heteroatoms. The fourth-order valence-electron chi connectivity index (χ4n) is 4.21. The quantitative estimate of drug-likeness (QED) is 0.559. The molecule has 0 radical (unpaired) electrons. The second-order valence-electron chi connectivity index (χ2n) is 8.15. The molecule has 2 aliphatic rings. The van der Waals surface area contributed by atoms with Crippen molar-refractivity contribution in [1.82, 2.24) is 14.2 Å². The van der Waals surface area contributed by atoms with E-state index < -0.39 is 21.7 Å². The predicted molar refractivity (Wildman–Crippen MR) is 122 cm³/mol. The number of benzene rings is 2. The first kappa shape index (κ1) is 22.2. The standard InChI is InChI=1S/C22H22F2N4O3S2/c23-16-13-18(24)20-19(14-16)32-22(25-20)27-11-9-26(10-12-27)21(29)15-3-5-17(6-4-15)33(30,31)28-7-1-2-8-28/h3-6,13-14H,1-2,7-12H2. The molecule has 3 heterocycles. The molecule has 0 N–H and O–H groups in total. The lowest BCUT2D eigenvalue weighted by Crippen LogP contribution is -2.48. The number of anilines is 1. The normalized spacial score (nSPS) is 17.8. The van der Waals surface area contributed by atoms with Crippen LogP contribution in [-0.2, 0) is 10.0 Å². The van der Waals surface area contributed by atoms with Crippen LogP contribution in [0.3, 0.4) is 0 Å². The lowest BCUT2D eigenvalue weighted by atomic mass is 10.2. The molecule has 0 saturated carbocycles. The number of piperazine rings is 1. The summed E-state index contributed by atoms with van der Waals surface area (Å²) in [5.41, 5.74) is 0.584. The van der Waals surface area contributed by atoms with Crippen LogP contribution in [0.1, 0.15) is 23.2 Å². The van der Waals surface area contributed by atoms with E-state index in [0.29, 0.717) is 54.7 Å². The number of hydrogen-bond acceptors (Lipinski definition) is 6. The Hall–Kier alpha value is -2.63. The van der Waals surface area contributed by atoms with Crippen molar-refractivity contribution >= 4 is 42.6 Å². The number of rotatable bonds is 4. The smallest absolute Gasteiger partial charge is 0.253 e.